The van der Waals surface area contributed by atoms with Gasteiger partial charge in [0.1, 0.15) is 0 Å². The van der Waals surface area contributed by atoms with E-state index in [0.29, 0.717) is 11.9 Å². The monoisotopic (exact) mass is 272 g/mol. The van der Waals surface area contributed by atoms with Crippen molar-refractivity contribution in [2.75, 3.05) is 4.90 Å². The molecule has 108 valence electrons. The fourth-order valence-corrected chi connectivity index (χ4v) is 3.12. The lowest BCUT2D eigenvalue weighted by Gasteiger charge is -2.22. The van der Waals surface area contributed by atoms with Gasteiger partial charge in [-0.15, -0.1) is 0 Å². The van der Waals surface area contributed by atoms with Crippen molar-refractivity contribution in [3.05, 3.63) is 29.3 Å². The van der Waals surface area contributed by atoms with Crippen LogP contribution < -0.4 is 10.6 Å². The van der Waals surface area contributed by atoms with Crippen LogP contribution in [0.3, 0.4) is 0 Å². The second kappa shape index (κ2) is 5.21. The van der Waals surface area contributed by atoms with Gasteiger partial charge in [0.2, 0.25) is 5.91 Å². The zero-order valence-corrected chi connectivity index (χ0v) is 12.4. The molecule has 1 amide bonds. The number of hydrogen-bond acceptors (Lipinski definition) is 2. The van der Waals surface area contributed by atoms with Crippen molar-refractivity contribution in [1.82, 2.24) is 0 Å². The molecule has 1 aliphatic carbocycles. The van der Waals surface area contributed by atoms with Crippen molar-refractivity contribution in [3.8, 4) is 0 Å². The molecule has 1 aromatic carbocycles. The maximum absolute atomic E-state index is 12.4. The lowest BCUT2D eigenvalue weighted by molar-refractivity contribution is -0.120. The molecular formula is C17H24N2O. The Balaban J connectivity index is 1.83. The second-order valence-corrected chi connectivity index (χ2v) is 6.37. The van der Waals surface area contributed by atoms with Crippen molar-refractivity contribution in [3.63, 3.8) is 0 Å². The van der Waals surface area contributed by atoms with Crippen LogP contribution >= 0.6 is 0 Å². The van der Waals surface area contributed by atoms with Gasteiger partial charge in [-0.2, -0.15) is 0 Å². The SMILES string of the molecule is CCC(N)Cc1ccc2c(c1)CC(C)N2C(=O)C1CC1. The Bertz CT molecular complexity index is 522. The highest BCUT2D eigenvalue weighted by Gasteiger charge is 2.39. The molecule has 0 radical (unpaired) electrons. The fraction of sp³-hybridized carbons (Fsp3) is 0.588. The van der Waals surface area contributed by atoms with Crippen LogP contribution in [0, 0.1) is 5.92 Å². The van der Waals surface area contributed by atoms with E-state index in [1.807, 2.05) is 4.90 Å². The van der Waals surface area contributed by atoms with Crippen LogP contribution in [0.15, 0.2) is 18.2 Å². The molecule has 20 heavy (non-hydrogen) atoms. The van der Waals surface area contributed by atoms with E-state index in [1.54, 1.807) is 0 Å². The lowest BCUT2D eigenvalue weighted by atomic mass is 10.0. The molecule has 0 spiro atoms. The normalized spacial score (nSPS) is 22.8. The van der Waals surface area contributed by atoms with E-state index in [1.165, 1.54) is 11.1 Å². The minimum absolute atomic E-state index is 0.232. The van der Waals surface area contributed by atoms with Gasteiger partial charge < -0.3 is 10.6 Å². The minimum Gasteiger partial charge on any atom is -0.327 e. The summed E-state index contributed by atoms with van der Waals surface area (Å²) in [5, 5.41) is 0. The molecule has 0 bridgehead atoms. The zero-order valence-electron chi connectivity index (χ0n) is 12.4. The number of benzene rings is 1. The van der Waals surface area contributed by atoms with Crippen LogP contribution in [-0.4, -0.2) is 18.0 Å². The number of carbonyl (C=O) groups is 1. The van der Waals surface area contributed by atoms with Gasteiger partial charge in [0.05, 0.1) is 0 Å². The summed E-state index contributed by atoms with van der Waals surface area (Å²) in [5.74, 6) is 0.617. The van der Waals surface area contributed by atoms with Crippen molar-refractivity contribution in [2.24, 2.45) is 11.7 Å². The highest BCUT2D eigenvalue weighted by Crippen LogP contribution is 2.39. The number of carbonyl (C=O) groups excluding carboxylic acids is 1. The number of fused-ring (bicyclic) bond motifs is 1. The molecule has 3 nitrogen and oxygen atoms in total. The maximum Gasteiger partial charge on any atom is 0.230 e. The Kier molecular flexibility index (Phi) is 3.55. The van der Waals surface area contributed by atoms with Crippen LogP contribution in [-0.2, 0) is 17.6 Å². The first-order chi connectivity index (χ1) is 9.60. The predicted octanol–water partition coefficient (Wildman–Crippen LogP) is 2.65. The lowest BCUT2D eigenvalue weighted by Crippen LogP contribution is -2.36. The van der Waals surface area contributed by atoms with Crippen LogP contribution in [0.4, 0.5) is 5.69 Å². The molecule has 1 fully saturated rings. The molecule has 2 aliphatic rings. The molecular weight excluding hydrogens is 248 g/mol. The summed E-state index contributed by atoms with van der Waals surface area (Å²) in [7, 11) is 0. The van der Waals surface area contributed by atoms with Gasteiger partial charge in [-0.3, -0.25) is 4.79 Å². The van der Waals surface area contributed by atoms with E-state index < -0.39 is 0 Å². The van der Waals surface area contributed by atoms with Crippen LogP contribution in [0.1, 0.15) is 44.2 Å². The van der Waals surface area contributed by atoms with Gasteiger partial charge in [0, 0.05) is 23.7 Å². The van der Waals surface area contributed by atoms with Crippen LogP contribution in [0.2, 0.25) is 0 Å². The van der Waals surface area contributed by atoms with Gasteiger partial charge in [0.25, 0.3) is 0 Å². The van der Waals surface area contributed by atoms with Gasteiger partial charge >= 0.3 is 0 Å². The Morgan fingerprint density at radius 3 is 2.85 bits per heavy atom. The van der Waals surface area contributed by atoms with E-state index in [-0.39, 0.29) is 12.0 Å². The summed E-state index contributed by atoms with van der Waals surface area (Å²) >= 11 is 0. The summed E-state index contributed by atoms with van der Waals surface area (Å²) in [6.07, 6.45) is 5.04. The number of nitrogens with zero attached hydrogens (tertiary/aromatic N) is 1. The third kappa shape index (κ3) is 2.47. The summed E-state index contributed by atoms with van der Waals surface area (Å²) in [6, 6.07) is 7.04. The highest BCUT2D eigenvalue weighted by atomic mass is 16.2. The molecule has 2 unspecified atom stereocenters. The van der Waals surface area contributed by atoms with Crippen molar-refractivity contribution >= 4 is 11.6 Å². The molecule has 3 rings (SSSR count). The standard InChI is InChI=1S/C17H24N2O/c1-3-15(18)10-12-4-7-16-14(9-12)8-11(2)19(16)17(20)13-5-6-13/h4,7,9,11,13,15H,3,5-6,8,10,18H2,1-2H3. The third-order valence-electron chi connectivity index (χ3n) is 4.55. The molecule has 1 heterocycles. The smallest absolute Gasteiger partial charge is 0.230 e. The van der Waals surface area contributed by atoms with Crippen molar-refractivity contribution in [1.29, 1.82) is 0 Å². The van der Waals surface area contributed by atoms with Gasteiger partial charge in [-0.1, -0.05) is 19.1 Å². The van der Waals surface area contributed by atoms with Crippen LogP contribution in [0.5, 0.6) is 0 Å². The Morgan fingerprint density at radius 2 is 2.20 bits per heavy atom. The quantitative estimate of drug-likeness (QED) is 0.916. The number of rotatable bonds is 4. The molecule has 2 N–H and O–H groups in total. The largest absolute Gasteiger partial charge is 0.327 e. The third-order valence-corrected chi connectivity index (χ3v) is 4.55. The molecule has 1 aromatic rings. The minimum atomic E-state index is 0.232. The Hall–Kier alpha value is -1.35. The fourth-order valence-electron chi connectivity index (χ4n) is 3.12. The average Bonchev–Trinajstić information content (AvgIpc) is 3.21. The summed E-state index contributed by atoms with van der Waals surface area (Å²) in [5.41, 5.74) is 9.77. The second-order valence-electron chi connectivity index (χ2n) is 6.37. The maximum atomic E-state index is 12.4. The van der Waals surface area contributed by atoms with Crippen molar-refractivity contribution in [2.45, 2.75) is 58.0 Å². The number of amides is 1. The molecule has 0 aromatic heterocycles. The molecule has 3 heteroatoms. The topological polar surface area (TPSA) is 46.3 Å². The van der Waals surface area contributed by atoms with E-state index in [0.717, 1.165) is 37.8 Å². The molecule has 2 atom stereocenters. The number of nitrogens with two attached hydrogens (primary N) is 1. The first-order valence-corrected chi connectivity index (χ1v) is 7.80. The van der Waals surface area contributed by atoms with Gasteiger partial charge in [0.15, 0.2) is 0 Å². The first kappa shape index (κ1) is 13.6. The van der Waals surface area contributed by atoms with E-state index >= 15 is 0 Å². The van der Waals surface area contributed by atoms with Gasteiger partial charge in [-0.25, -0.2) is 0 Å². The van der Waals surface area contributed by atoms with E-state index in [9.17, 15) is 4.79 Å². The highest BCUT2D eigenvalue weighted by molar-refractivity contribution is 5.98. The number of anilines is 1. The van der Waals surface area contributed by atoms with E-state index in [2.05, 4.69) is 32.0 Å². The zero-order chi connectivity index (χ0) is 14.3. The Morgan fingerprint density at radius 1 is 1.45 bits per heavy atom. The summed E-state index contributed by atoms with van der Waals surface area (Å²) in [6.45, 7) is 4.27. The number of hydrogen-bond donors (Lipinski definition) is 1. The molecule has 1 aliphatic heterocycles. The van der Waals surface area contributed by atoms with E-state index in [4.69, 9.17) is 5.73 Å². The Labute approximate surface area is 121 Å². The molecule has 0 saturated heterocycles. The van der Waals surface area contributed by atoms with Crippen molar-refractivity contribution < 1.29 is 4.79 Å². The molecule has 1 saturated carbocycles. The predicted molar refractivity (Wildman–Crippen MR) is 81.8 cm³/mol. The average molecular weight is 272 g/mol. The van der Waals surface area contributed by atoms with Gasteiger partial charge in [-0.05, 0) is 56.2 Å². The van der Waals surface area contributed by atoms with Crippen LogP contribution in [0.25, 0.3) is 0 Å². The first-order valence-electron chi connectivity index (χ1n) is 7.80. The summed E-state index contributed by atoms with van der Waals surface area (Å²) in [4.78, 5) is 14.4. The summed E-state index contributed by atoms with van der Waals surface area (Å²) < 4.78 is 0.